The zero-order valence-electron chi connectivity index (χ0n) is 17.4. The van der Waals surface area contributed by atoms with E-state index in [-0.39, 0.29) is 12.5 Å². The Labute approximate surface area is 187 Å². The van der Waals surface area contributed by atoms with Crippen LogP contribution in [-0.2, 0) is 21.9 Å². The van der Waals surface area contributed by atoms with E-state index in [1.54, 1.807) is 11.8 Å². The molecule has 0 aliphatic rings. The molecule has 0 aromatic heterocycles. The largest absolute Gasteiger partial charge is 0.445 e. The predicted molar refractivity (Wildman–Crippen MR) is 126 cm³/mol. The van der Waals surface area contributed by atoms with E-state index in [2.05, 4.69) is 10.6 Å². The first kappa shape index (κ1) is 22.4. The molecular weight excluding hydrogens is 408 g/mol. The Morgan fingerprint density at radius 3 is 2.26 bits per heavy atom. The van der Waals surface area contributed by atoms with E-state index in [1.165, 1.54) is 0 Å². The van der Waals surface area contributed by atoms with Crippen molar-refractivity contribution in [2.24, 2.45) is 0 Å². The van der Waals surface area contributed by atoms with E-state index in [9.17, 15) is 9.59 Å². The van der Waals surface area contributed by atoms with Crippen molar-refractivity contribution in [1.29, 1.82) is 0 Å². The van der Waals surface area contributed by atoms with E-state index in [4.69, 9.17) is 4.74 Å². The molecule has 0 radical (unpaired) electrons. The Kier molecular flexibility index (Phi) is 8.55. The van der Waals surface area contributed by atoms with Crippen molar-refractivity contribution in [2.75, 3.05) is 11.1 Å². The molecule has 0 bridgehead atoms. The highest BCUT2D eigenvalue weighted by Gasteiger charge is 2.22. The van der Waals surface area contributed by atoms with Gasteiger partial charge in [0.2, 0.25) is 5.91 Å². The molecule has 2 amide bonds. The second-order valence-corrected chi connectivity index (χ2v) is 8.15. The van der Waals surface area contributed by atoms with Gasteiger partial charge in [-0.25, -0.2) is 4.79 Å². The van der Waals surface area contributed by atoms with Gasteiger partial charge in [-0.05, 0) is 35.7 Å². The number of nitrogens with one attached hydrogen (secondary N) is 2. The Morgan fingerprint density at radius 1 is 0.903 bits per heavy atom. The van der Waals surface area contributed by atoms with Crippen molar-refractivity contribution in [3.05, 3.63) is 102 Å². The van der Waals surface area contributed by atoms with E-state index < -0.39 is 12.1 Å². The standard InChI is InChI=1S/C25H26N2O3S/c1-19-9-8-14-22(15-19)26-24(28)23(18-31-17-21-12-6-3-7-13-21)27-25(29)30-16-20-10-4-2-5-11-20/h2-15,23H,16-18H2,1H3,(H,26,28)(H,27,29). The molecule has 0 spiro atoms. The number of amides is 2. The van der Waals surface area contributed by atoms with Crippen molar-refractivity contribution >= 4 is 29.4 Å². The average molecular weight is 435 g/mol. The summed E-state index contributed by atoms with van der Waals surface area (Å²) >= 11 is 1.58. The van der Waals surface area contributed by atoms with Crippen molar-refractivity contribution < 1.29 is 14.3 Å². The van der Waals surface area contributed by atoms with E-state index in [0.29, 0.717) is 11.4 Å². The van der Waals surface area contributed by atoms with Crippen LogP contribution >= 0.6 is 11.8 Å². The minimum Gasteiger partial charge on any atom is -0.445 e. The van der Waals surface area contributed by atoms with Crippen LogP contribution in [-0.4, -0.2) is 23.8 Å². The van der Waals surface area contributed by atoms with Crippen LogP contribution in [0.2, 0.25) is 0 Å². The van der Waals surface area contributed by atoms with Gasteiger partial charge >= 0.3 is 6.09 Å². The normalized spacial score (nSPS) is 11.4. The smallest absolute Gasteiger partial charge is 0.408 e. The number of aryl methyl sites for hydroxylation is 1. The summed E-state index contributed by atoms with van der Waals surface area (Å²) in [7, 11) is 0. The molecule has 0 saturated heterocycles. The predicted octanol–water partition coefficient (Wildman–Crippen LogP) is 5.16. The van der Waals surface area contributed by atoms with E-state index in [0.717, 1.165) is 22.4 Å². The zero-order chi connectivity index (χ0) is 21.9. The molecule has 1 atom stereocenters. The number of anilines is 1. The van der Waals surface area contributed by atoms with Crippen LogP contribution in [0.3, 0.4) is 0 Å². The van der Waals surface area contributed by atoms with Gasteiger partial charge in [0.15, 0.2) is 0 Å². The maximum atomic E-state index is 12.9. The highest BCUT2D eigenvalue weighted by atomic mass is 32.2. The van der Waals surface area contributed by atoms with Gasteiger partial charge in [-0.15, -0.1) is 0 Å². The lowest BCUT2D eigenvalue weighted by Gasteiger charge is -2.18. The fourth-order valence-corrected chi connectivity index (χ4v) is 3.93. The highest BCUT2D eigenvalue weighted by molar-refractivity contribution is 7.98. The van der Waals surface area contributed by atoms with Crippen molar-refractivity contribution in [3.63, 3.8) is 0 Å². The molecule has 0 aliphatic carbocycles. The fraction of sp³-hybridized carbons (Fsp3) is 0.200. The zero-order valence-corrected chi connectivity index (χ0v) is 18.2. The molecule has 3 rings (SSSR count). The lowest BCUT2D eigenvalue weighted by Crippen LogP contribution is -2.45. The van der Waals surface area contributed by atoms with Gasteiger partial charge in [0.25, 0.3) is 0 Å². The molecule has 3 aromatic carbocycles. The topological polar surface area (TPSA) is 67.4 Å². The summed E-state index contributed by atoms with van der Waals surface area (Å²) in [5, 5.41) is 5.60. The average Bonchev–Trinajstić information content (AvgIpc) is 2.78. The molecule has 5 nitrogen and oxygen atoms in total. The molecule has 160 valence electrons. The lowest BCUT2D eigenvalue weighted by atomic mass is 10.2. The summed E-state index contributed by atoms with van der Waals surface area (Å²) in [5.74, 6) is 0.894. The summed E-state index contributed by atoms with van der Waals surface area (Å²) in [5.41, 5.74) is 3.79. The van der Waals surface area contributed by atoms with Crippen LogP contribution in [0.5, 0.6) is 0 Å². The summed E-state index contributed by atoms with van der Waals surface area (Å²) in [6.07, 6.45) is -0.617. The van der Waals surface area contributed by atoms with Crippen LogP contribution in [0.1, 0.15) is 16.7 Å². The number of ether oxygens (including phenoxy) is 1. The van der Waals surface area contributed by atoms with E-state index in [1.807, 2.05) is 91.9 Å². The van der Waals surface area contributed by atoms with Crippen LogP contribution in [0.4, 0.5) is 10.5 Å². The molecule has 31 heavy (non-hydrogen) atoms. The third kappa shape index (κ3) is 7.83. The number of alkyl carbamates (subject to hydrolysis) is 1. The minimum atomic E-state index is -0.725. The van der Waals surface area contributed by atoms with Crippen molar-refractivity contribution in [2.45, 2.75) is 25.3 Å². The molecule has 0 fully saturated rings. The molecule has 2 N–H and O–H groups in total. The first-order valence-electron chi connectivity index (χ1n) is 10.1. The summed E-state index contributed by atoms with van der Waals surface area (Å²) in [4.78, 5) is 25.2. The summed E-state index contributed by atoms with van der Waals surface area (Å²) in [6, 6.07) is 26.3. The Hall–Kier alpha value is -3.25. The number of rotatable bonds is 9. The third-order valence-corrected chi connectivity index (χ3v) is 5.61. The SMILES string of the molecule is Cc1cccc(NC(=O)C(CSCc2ccccc2)NC(=O)OCc2ccccc2)c1. The van der Waals surface area contributed by atoms with Gasteiger partial charge in [-0.3, -0.25) is 4.79 Å². The van der Waals surface area contributed by atoms with Crippen LogP contribution in [0, 0.1) is 6.92 Å². The van der Waals surface area contributed by atoms with Gasteiger partial charge in [0, 0.05) is 17.2 Å². The molecule has 0 saturated carbocycles. The van der Waals surface area contributed by atoms with Gasteiger partial charge in [0.1, 0.15) is 12.6 Å². The first-order chi connectivity index (χ1) is 15.1. The number of carbonyl (C=O) groups is 2. The minimum absolute atomic E-state index is 0.149. The molecule has 1 unspecified atom stereocenters. The second-order valence-electron chi connectivity index (χ2n) is 7.12. The van der Waals surface area contributed by atoms with Crippen molar-refractivity contribution in [1.82, 2.24) is 5.32 Å². The fourth-order valence-electron chi connectivity index (χ4n) is 2.91. The molecule has 0 heterocycles. The maximum absolute atomic E-state index is 12.9. The van der Waals surface area contributed by atoms with Gasteiger partial charge in [-0.2, -0.15) is 11.8 Å². The summed E-state index contributed by atoms with van der Waals surface area (Å²) < 4.78 is 5.30. The number of hydrogen-bond donors (Lipinski definition) is 2. The second kappa shape index (κ2) is 11.8. The highest BCUT2D eigenvalue weighted by Crippen LogP contribution is 2.15. The van der Waals surface area contributed by atoms with Crippen LogP contribution in [0.15, 0.2) is 84.9 Å². The van der Waals surface area contributed by atoms with Gasteiger partial charge in [-0.1, -0.05) is 72.8 Å². The van der Waals surface area contributed by atoms with Crippen LogP contribution < -0.4 is 10.6 Å². The monoisotopic (exact) mass is 434 g/mol. The molecule has 6 heteroatoms. The Balaban J connectivity index is 1.59. The van der Waals surface area contributed by atoms with Crippen LogP contribution in [0.25, 0.3) is 0 Å². The number of hydrogen-bond acceptors (Lipinski definition) is 4. The van der Waals surface area contributed by atoms with Gasteiger partial charge < -0.3 is 15.4 Å². The Morgan fingerprint density at radius 2 is 1.58 bits per heavy atom. The maximum Gasteiger partial charge on any atom is 0.408 e. The molecular formula is C25H26N2O3S. The van der Waals surface area contributed by atoms with Crippen molar-refractivity contribution in [3.8, 4) is 0 Å². The first-order valence-corrected chi connectivity index (χ1v) is 11.2. The third-order valence-electron chi connectivity index (χ3n) is 4.50. The number of benzene rings is 3. The van der Waals surface area contributed by atoms with E-state index >= 15 is 0 Å². The summed E-state index contributed by atoms with van der Waals surface area (Å²) in [6.45, 7) is 2.11. The lowest BCUT2D eigenvalue weighted by molar-refractivity contribution is -0.117. The number of thioether (sulfide) groups is 1. The number of carbonyl (C=O) groups excluding carboxylic acids is 2. The Bertz CT molecular complexity index is 980. The molecule has 0 aliphatic heterocycles. The molecule has 3 aromatic rings. The van der Waals surface area contributed by atoms with Gasteiger partial charge in [0.05, 0.1) is 0 Å². The quantitative estimate of drug-likeness (QED) is 0.488.